The molecule has 0 aromatic rings. The molecule has 0 N–H and O–H groups in total. The zero-order valence-electron chi connectivity index (χ0n) is 10.1. The Morgan fingerprint density at radius 3 is 2.25 bits per heavy atom. The van der Waals surface area contributed by atoms with Crippen molar-refractivity contribution in [2.24, 2.45) is 16.3 Å². The van der Waals surface area contributed by atoms with E-state index in [0.717, 1.165) is 5.92 Å². The van der Waals surface area contributed by atoms with Crippen molar-refractivity contribution >= 4 is 6.08 Å². The molecule has 2 nitrogen and oxygen atoms in total. The summed E-state index contributed by atoms with van der Waals surface area (Å²) in [6.45, 7) is 1.95. The second-order valence-corrected chi connectivity index (χ2v) is 5.48. The summed E-state index contributed by atoms with van der Waals surface area (Å²) in [6, 6.07) is 0. The topological polar surface area (TPSA) is 29.4 Å². The Balaban J connectivity index is 2.07. The Kier molecular flexibility index (Phi) is 4.17. The molecule has 0 bridgehead atoms. The molecule has 0 atom stereocenters. The number of hydrogen-bond acceptors (Lipinski definition) is 2. The summed E-state index contributed by atoms with van der Waals surface area (Å²) >= 11 is 0. The minimum atomic E-state index is 0.246. The standard InChI is InChI=1S/C14H22NO/c16-12-15-11-14(9-5-2-6-10-14)13-7-3-1-4-8-13/h11,13H,1-10H2. The molecule has 0 aliphatic heterocycles. The number of isocyanates is 1. The number of aliphatic imine (C=N–C) groups is 1. The van der Waals surface area contributed by atoms with Gasteiger partial charge in [0, 0.05) is 0 Å². The van der Waals surface area contributed by atoms with Crippen molar-refractivity contribution in [3.05, 3.63) is 6.54 Å². The van der Waals surface area contributed by atoms with Gasteiger partial charge < -0.3 is 0 Å². The molecule has 0 saturated heterocycles. The van der Waals surface area contributed by atoms with Crippen molar-refractivity contribution in [3.63, 3.8) is 0 Å². The van der Waals surface area contributed by atoms with Crippen LogP contribution in [0.4, 0.5) is 0 Å². The van der Waals surface area contributed by atoms with Gasteiger partial charge in [-0.2, -0.15) is 4.99 Å². The van der Waals surface area contributed by atoms with Gasteiger partial charge in [-0.25, -0.2) is 4.79 Å². The summed E-state index contributed by atoms with van der Waals surface area (Å²) < 4.78 is 0. The minimum Gasteiger partial charge on any atom is -0.211 e. The highest BCUT2D eigenvalue weighted by atomic mass is 16.1. The molecule has 16 heavy (non-hydrogen) atoms. The molecule has 0 amide bonds. The van der Waals surface area contributed by atoms with Crippen LogP contribution in [0.25, 0.3) is 0 Å². The Morgan fingerprint density at radius 1 is 1.00 bits per heavy atom. The third-order valence-electron chi connectivity index (χ3n) is 4.58. The van der Waals surface area contributed by atoms with Crippen LogP contribution in [0.3, 0.4) is 0 Å². The highest BCUT2D eigenvalue weighted by molar-refractivity contribution is 5.34. The molecule has 0 aromatic heterocycles. The SMILES string of the molecule is O=C=N[CH]C1(C2CCCCC2)CCCCC1. The zero-order valence-corrected chi connectivity index (χ0v) is 10.1. The monoisotopic (exact) mass is 220 g/mol. The average molecular weight is 220 g/mol. The van der Waals surface area contributed by atoms with E-state index < -0.39 is 0 Å². The highest BCUT2D eigenvalue weighted by Gasteiger charge is 2.40. The first-order valence-corrected chi connectivity index (χ1v) is 6.79. The predicted molar refractivity (Wildman–Crippen MR) is 64.5 cm³/mol. The molecular formula is C14H22NO. The summed E-state index contributed by atoms with van der Waals surface area (Å²) in [4.78, 5) is 14.2. The van der Waals surface area contributed by atoms with Crippen LogP contribution in [0.15, 0.2) is 4.99 Å². The molecule has 0 unspecified atom stereocenters. The summed E-state index contributed by atoms with van der Waals surface area (Å²) in [5, 5.41) is 0. The van der Waals surface area contributed by atoms with Gasteiger partial charge in [-0.1, -0.05) is 38.5 Å². The minimum absolute atomic E-state index is 0.246. The van der Waals surface area contributed by atoms with E-state index in [4.69, 9.17) is 0 Å². The van der Waals surface area contributed by atoms with E-state index >= 15 is 0 Å². The highest BCUT2D eigenvalue weighted by Crippen LogP contribution is 2.50. The average Bonchev–Trinajstić information content (AvgIpc) is 2.38. The molecule has 0 aromatic carbocycles. The van der Waals surface area contributed by atoms with Crippen LogP contribution in [0.5, 0.6) is 0 Å². The van der Waals surface area contributed by atoms with Crippen LogP contribution >= 0.6 is 0 Å². The lowest BCUT2D eigenvalue weighted by molar-refractivity contribution is 0.100. The fraction of sp³-hybridized carbons (Fsp3) is 0.857. The second-order valence-electron chi connectivity index (χ2n) is 5.48. The Hall–Kier alpha value is -0.620. The molecule has 2 saturated carbocycles. The molecule has 2 aliphatic rings. The summed E-state index contributed by atoms with van der Waals surface area (Å²) in [6.07, 6.45) is 14.9. The van der Waals surface area contributed by atoms with Crippen molar-refractivity contribution in [1.82, 2.24) is 0 Å². The quantitative estimate of drug-likeness (QED) is 0.522. The fourth-order valence-electron chi connectivity index (χ4n) is 3.69. The molecular weight excluding hydrogens is 198 g/mol. The normalized spacial score (nSPS) is 26.0. The van der Waals surface area contributed by atoms with Crippen LogP contribution in [0.2, 0.25) is 0 Å². The first-order valence-electron chi connectivity index (χ1n) is 6.79. The van der Waals surface area contributed by atoms with Gasteiger partial charge in [0.2, 0.25) is 6.08 Å². The number of carbonyl (C=O) groups excluding carboxylic acids is 1. The van der Waals surface area contributed by atoms with Crippen LogP contribution < -0.4 is 0 Å². The van der Waals surface area contributed by atoms with Crippen molar-refractivity contribution in [1.29, 1.82) is 0 Å². The third kappa shape index (κ3) is 2.55. The molecule has 2 aliphatic carbocycles. The Morgan fingerprint density at radius 2 is 1.62 bits per heavy atom. The maximum absolute atomic E-state index is 10.3. The molecule has 89 valence electrons. The van der Waals surface area contributed by atoms with Crippen LogP contribution in [0, 0.1) is 17.9 Å². The summed E-state index contributed by atoms with van der Waals surface area (Å²) in [5.41, 5.74) is 0.246. The van der Waals surface area contributed by atoms with E-state index in [9.17, 15) is 4.79 Å². The predicted octanol–water partition coefficient (Wildman–Crippen LogP) is 4.01. The van der Waals surface area contributed by atoms with Crippen molar-refractivity contribution in [2.75, 3.05) is 0 Å². The van der Waals surface area contributed by atoms with E-state index in [1.165, 1.54) is 64.2 Å². The lowest BCUT2D eigenvalue weighted by Gasteiger charge is -2.44. The van der Waals surface area contributed by atoms with Gasteiger partial charge in [-0.3, -0.25) is 0 Å². The van der Waals surface area contributed by atoms with Crippen molar-refractivity contribution < 1.29 is 4.79 Å². The van der Waals surface area contributed by atoms with E-state index in [1.54, 1.807) is 6.08 Å². The van der Waals surface area contributed by atoms with E-state index in [0.29, 0.717) is 0 Å². The van der Waals surface area contributed by atoms with Gasteiger partial charge in [-0.15, -0.1) is 0 Å². The van der Waals surface area contributed by atoms with Gasteiger partial charge >= 0.3 is 0 Å². The first kappa shape index (κ1) is 11.9. The Bertz CT molecular complexity index is 256. The second kappa shape index (κ2) is 5.63. The lowest BCUT2D eigenvalue weighted by atomic mass is 9.62. The zero-order chi connectivity index (χ0) is 11.3. The van der Waals surface area contributed by atoms with Crippen molar-refractivity contribution in [3.8, 4) is 0 Å². The molecule has 0 spiro atoms. The van der Waals surface area contributed by atoms with E-state index in [1.807, 2.05) is 6.54 Å². The summed E-state index contributed by atoms with van der Waals surface area (Å²) in [5.74, 6) is 0.777. The first-order chi connectivity index (χ1) is 7.87. The van der Waals surface area contributed by atoms with Gasteiger partial charge in [-0.05, 0) is 37.0 Å². The van der Waals surface area contributed by atoms with Gasteiger partial charge in [0.1, 0.15) is 0 Å². The maximum Gasteiger partial charge on any atom is 0.235 e. The molecule has 2 heteroatoms. The van der Waals surface area contributed by atoms with Crippen LogP contribution in [-0.4, -0.2) is 6.08 Å². The summed E-state index contributed by atoms with van der Waals surface area (Å²) in [7, 11) is 0. The lowest BCUT2D eigenvalue weighted by Crippen LogP contribution is -2.34. The third-order valence-corrected chi connectivity index (χ3v) is 4.58. The van der Waals surface area contributed by atoms with Gasteiger partial charge in [0.05, 0.1) is 6.54 Å². The molecule has 0 heterocycles. The van der Waals surface area contributed by atoms with Gasteiger partial charge in [0.15, 0.2) is 0 Å². The van der Waals surface area contributed by atoms with Crippen LogP contribution in [0.1, 0.15) is 64.2 Å². The number of rotatable bonds is 3. The number of nitrogens with zero attached hydrogens (tertiary/aromatic N) is 1. The Labute approximate surface area is 98.5 Å². The van der Waals surface area contributed by atoms with Crippen LogP contribution in [-0.2, 0) is 4.79 Å². The molecule has 1 radical (unpaired) electrons. The van der Waals surface area contributed by atoms with E-state index in [2.05, 4.69) is 4.99 Å². The fourth-order valence-corrected chi connectivity index (χ4v) is 3.69. The van der Waals surface area contributed by atoms with Crippen molar-refractivity contribution in [2.45, 2.75) is 64.2 Å². The number of hydrogen-bond donors (Lipinski definition) is 0. The molecule has 2 fully saturated rings. The molecule has 2 rings (SSSR count). The largest absolute Gasteiger partial charge is 0.235 e. The maximum atomic E-state index is 10.3. The van der Waals surface area contributed by atoms with E-state index in [-0.39, 0.29) is 5.41 Å². The smallest absolute Gasteiger partial charge is 0.211 e. The van der Waals surface area contributed by atoms with Gasteiger partial charge in [0.25, 0.3) is 0 Å².